The van der Waals surface area contributed by atoms with Crippen molar-refractivity contribution in [3.63, 3.8) is 0 Å². The predicted molar refractivity (Wildman–Crippen MR) is 88.4 cm³/mol. The van der Waals surface area contributed by atoms with E-state index in [9.17, 15) is 15.2 Å². The molecular formula is C18H25N3O2. The van der Waals surface area contributed by atoms with Crippen LogP contribution < -0.4 is 5.32 Å². The highest BCUT2D eigenvalue weighted by Crippen LogP contribution is 2.39. The third-order valence-electron chi connectivity index (χ3n) is 4.54. The Bertz CT molecular complexity index is 565. The highest BCUT2D eigenvalue weighted by Gasteiger charge is 2.43. The number of likely N-dealkylation sites (N-methyl/N-ethyl adjacent to an activating group) is 1. The molecule has 1 aromatic rings. The van der Waals surface area contributed by atoms with Crippen LogP contribution in [0.3, 0.4) is 0 Å². The van der Waals surface area contributed by atoms with Gasteiger partial charge in [0.2, 0.25) is 5.91 Å². The Morgan fingerprint density at radius 2 is 2.13 bits per heavy atom. The van der Waals surface area contributed by atoms with Gasteiger partial charge in [0.25, 0.3) is 0 Å². The van der Waals surface area contributed by atoms with E-state index in [-0.39, 0.29) is 31.0 Å². The first-order valence-corrected chi connectivity index (χ1v) is 8.08. The summed E-state index contributed by atoms with van der Waals surface area (Å²) < 4.78 is 0. The van der Waals surface area contributed by atoms with Crippen LogP contribution in [0.25, 0.3) is 0 Å². The number of benzene rings is 1. The molecule has 1 aliphatic rings. The fraction of sp³-hybridized carbons (Fsp3) is 0.556. The number of hydrogen-bond acceptors (Lipinski definition) is 4. The summed E-state index contributed by atoms with van der Waals surface area (Å²) in [5, 5.41) is 21.5. The van der Waals surface area contributed by atoms with Crippen LogP contribution in [0.15, 0.2) is 30.3 Å². The van der Waals surface area contributed by atoms with Gasteiger partial charge in [-0.25, -0.2) is 0 Å². The SMILES string of the molecule is CN(CC(=O)NC(C)(C#N)C1CC1)C(CCO)c1ccccc1. The van der Waals surface area contributed by atoms with Gasteiger partial charge in [-0.1, -0.05) is 30.3 Å². The van der Waals surface area contributed by atoms with Gasteiger partial charge in [0.15, 0.2) is 0 Å². The lowest BCUT2D eigenvalue weighted by Crippen LogP contribution is -2.50. The minimum atomic E-state index is -0.767. The minimum absolute atomic E-state index is 0.0267. The van der Waals surface area contributed by atoms with Gasteiger partial charge in [-0.2, -0.15) is 5.26 Å². The Kier molecular flexibility index (Phi) is 5.75. The number of carbonyl (C=O) groups is 1. The van der Waals surface area contributed by atoms with Gasteiger partial charge < -0.3 is 10.4 Å². The first-order chi connectivity index (χ1) is 11.0. The summed E-state index contributed by atoms with van der Waals surface area (Å²) in [6, 6.07) is 12.1. The van der Waals surface area contributed by atoms with Gasteiger partial charge in [-0.05, 0) is 44.7 Å². The summed E-state index contributed by atoms with van der Waals surface area (Å²) >= 11 is 0. The second kappa shape index (κ2) is 7.58. The molecule has 0 aliphatic heterocycles. The molecule has 0 radical (unpaired) electrons. The van der Waals surface area contributed by atoms with E-state index in [2.05, 4.69) is 11.4 Å². The molecule has 1 amide bonds. The average molecular weight is 315 g/mol. The molecule has 23 heavy (non-hydrogen) atoms. The van der Waals surface area contributed by atoms with Crippen molar-refractivity contribution in [1.29, 1.82) is 5.26 Å². The Morgan fingerprint density at radius 1 is 1.48 bits per heavy atom. The number of rotatable bonds is 8. The van der Waals surface area contributed by atoms with Crippen molar-refractivity contribution in [2.45, 2.75) is 37.8 Å². The van der Waals surface area contributed by atoms with Gasteiger partial charge in [-0.15, -0.1) is 0 Å². The molecule has 1 saturated carbocycles. The quantitative estimate of drug-likeness (QED) is 0.767. The Morgan fingerprint density at radius 3 is 2.65 bits per heavy atom. The van der Waals surface area contributed by atoms with Gasteiger partial charge in [0.1, 0.15) is 5.54 Å². The number of nitrogens with one attached hydrogen (secondary N) is 1. The van der Waals surface area contributed by atoms with E-state index in [1.807, 2.05) is 42.3 Å². The van der Waals surface area contributed by atoms with Crippen LogP contribution in [-0.4, -0.2) is 41.7 Å². The zero-order valence-electron chi connectivity index (χ0n) is 13.8. The molecule has 2 N–H and O–H groups in total. The fourth-order valence-electron chi connectivity index (χ4n) is 2.99. The zero-order valence-corrected chi connectivity index (χ0v) is 13.8. The number of carbonyl (C=O) groups excluding carboxylic acids is 1. The summed E-state index contributed by atoms with van der Waals surface area (Å²) in [6.07, 6.45) is 2.56. The van der Waals surface area contributed by atoms with Crippen LogP contribution in [0.2, 0.25) is 0 Å². The van der Waals surface area contributed by atoms with E-state index >= 15 is 0 Å². The molecule has 1 aliphatic carbocycles. The molecule has 2 unspecified atom stereocenters. The van der Waals surface area contributed by atoms with E-state index in [0.29, 0.717) is 6.42 Å². The van der Waals surface area contributed by atoms with Gasteiger partial charge >= 0.3 is 0 Å². The third-order valence-corrected chi connectivity index (χ3v) is 4.54. The predicted octanol–water partition coefficient (Wildman–Crippen LogP) is 1.85. The van der Waals surface area contributed by atoms with Gasteiger partial charge in [0, 0.05) is 12.6 Å². The van der Waals surface area contributed by atoms with E-state index in [4.69, 9.17) is 0 Å². The lowest BCUT2D eigenvalue weighted by atomic mass is 9.98. The standard InChI is InChI=1S/C18H25N3O2/c1-18(13-19,15-8-9-15)20-17(23)12-21(2)16(10-11-22)14-6-4-3-5-7-14/h3-7,15-16,22H,8-12H2,1-2H3,(H,20,23). The Balaban J connectivity index is 1.99. The first kappa shape index (κ1) is 17.5. The topological polar surface area (TPSA) is 76.4 Å². The van der Waals surface area contributed by atoms with Crippen molar-refractivity contribution >= 4 is 5.91 Å². The largest absolute Gasteiger partial charge is 0.396 e. The van der Waals surface area contributed by atoms with Crippen molar-refractivity contribution in [2.75, 3.05) is 20.2 Å². The van der Waals surface area contributed by atoms with Crippen molar-refractivity contribution < 1.29 is 9.90 Å². The maximum atomic E-state index is 12.3. The number of aliphatic hydroxyl groups is 1. The summed E-state index contributed by atoms with van der Waals surface area (Å²) in [5.41, 5.74) is 0.305. The zero-order chi connectivity index (χ0) is 16.9. The van der Waals surface area contributed by atoms with Crippen LogP contribution in [0.4, 0.5) is 0 Å². The fourth-order valence-corrected chi connectivity index (χ4v) is 2.99. The molecule has 1 aromatic carbocycles. The summed E-state index contributed by atoms with van der Waals surface area (Å²) in [6.45, 7) is 2.05. The number of hydrogen-bond donors (Lipinski definition) is 2. The second-order valence-corrected chi connectivity index (χ2v) is 6.49. The maximum absolute atomic E-state index is 12.3. The lowest BCUT2D eigenvalue weighted by molar-refractivity contribution is -0.124. The molecular weight excluding hydrogens is 290 g/mol. The Labute approximate surface area is 137 Å². The normalized spacial score (nSPS) is 18.0. The molecule has 5 heteroatoms. The minimum Gasteiger partial charge on any atom is -0.396 e. The number of amides is 1. The lowest BCUT2D eigenvalue weighted by Gasteiger charge is -2.29. The van der Waals surface area contributed by atoms with E-state index in [1.54, 1.807) is 6.92 Å². The van der Waals surface area contributed by atoms with Crippen LogP contribution in [0.5, 0.6) is 0 Å². The van der Waals surface area contributed by atoms with Crippen LogP contribution in [-0.2, 0) is 4.79 Å². The second-order valence-electron chi connectivity index (χ2n) is 6.49. The van der Waals surface area contributed by atoms with Crippen LogP contribution >= 0.6 is 0 Å². The van der Waals surface area contributed by atoms with Crippen molar-refractivity contribution in [3.05, 3.63) is 35.9 Å². The van der Waals surface area contributed by atoms with Crippen molar-refractivity contribution in [1.82, 2.24) is 10.2 Å². The maximum Gasteiger partial charge on any atom is 0.235 e. The smallest absolute Gasteiger partial charge is 0.235 e. The third kappa shape index (κ3) is 4.54. The molecule has 2 atom stereocenters. The monoisotopic (exact) mass is 315 g/mol. The number of aliphatic hydroxyl groups excluding tert-OH is 1. The van der Waals surface area contributed by atoms with Gasteiger partial charge in [-0.3, -0.25) is 9.69 Å². The molecule has 0 spiro atoms. The summed E-state index contributed by atoms with van der Waals surface area (Å²) in [7, 11) is 1.87. The Hall–Kier alpha value is -1.90. The van der Waals surface area contributed by atoms with Gasteiger partial charge in [0.05, 0.1) is 12.6 Å². The molecule has 0 heterocycles. The molecule has 1 fully saturated rings. The molecule has 2 rings (SSSR count). The number of nitriles is 1. The van der Waals surface area contributed by atoms with Crippen molar-refractivity contribution in [2.24, 2.45) is 5.92 Å². The summed E-state index contributed by atoms with van der Waals surface area (Å²) in [4.78, 5) is 14.3. The van der Waals surface area contributed by atoms with E-state index in [1.165, 1.54) is 0 Å². The van der Waals surface area contributed by atoms with Crippen LogP contribution in [0, 0.1) is 17.2 Å². The molecule has 5 nitrogen and oxygen atoms in total. The van der Waals surface area contributed by atoms with Crippen molar-refractivity contribution in [3.8, 4) is 6.07 Å². The summed E-state index contributed by atoms with van der Waals surface area (Å²) in [5.74, 6) is 0.117. The number of nitrogens with zero attached hydrogens (tertiary/aromatic N) is 2. The highest BCUT2D eigenvalue weighted by molar-refractivity contribution is 5.79. The van der Waals surface area contributed by atoms with E-state index in [0.717, 1.165) is 18.4 Å². The molecule has 0 aromatic heterocycles. The molecule has 0 saturated heterocycles. The highest BCUT2D eigenvalue weighted by atomic mass is 16.3. The molecule has 124 valence electrons. The molecule has 0 bridgehead atoms. The average Bonchev–Trinajstić information content (AvgIpc) is 3.38. The van der Waals surface area contributed by atoms with Crippen LogP contribution in [0.1, 0.15) is 37.8 Å². The van der Waals surface area contributed by atoms with E-state index < -0.39 is 5.54 Å². The first-order valence-electron chi connectivity index (χ1n) is 8.08.